The molecule has 0 amide bonds. The Morgan fingerprint density at radius 3 is 2.58 bits per heavy atom. The first-order valence-corrected chi connectivity index (χ1v) is 3.48. The molecule has 0 aromatic heterocycles. The average Bonchev–Trinajstić information content (AvgIpc) is 1.98. The molecule has 66 valence electrons. The van der Waals surface area contributed by atoms with Crippen molar-refractivity contribution >= 4 is 12.6 Å². The van der Waals surface area contributed by atoms with Crippen molar-refractivity contribution in [3.63, 3.8) is 0 Å². The lowest BCUT2D eigenvalue weighted by molar-refractivity contribution is -0.0519. The first-order chi connectivity index (χ1) is 5.61. The molecule has 0 saturated carbocycles. The summed E-state index contributed by atoms with van der Waals surface area (Å²) in [7, 11) is 0. The summed E-state index contributed by atoms with van der Waals surface area (Å²) in [5.41, 5.74) is 0. The van der Waals surface area contributed by atoms with Crippen molar-refractivity contribution in [2.24, 2.45) is 0 Å². The summed E-state index contributed by atoms with van der Waals surface area (Å²) in [6, 6.07) is 3.60. The van der Waals surface area contributed by atoms with E-state index in [9.17, 15) is 13.2 Å². The molecule has 0 atom stereocenters. The van der Waals surface area contributed by atoms with Crippen LogP contribution < -0.4 is 4.74 Å². The molecule has 0 N–H and O–H groups in total. The zero-order valence-corrected chi connectivity index (χ0v) is 6.69. The van der Waals surface area contributed by atoms with Crippen molar-refractivity contribution in [1.82, 2.24) is 0 Å². The van der Waals surface area contributed by atoms with Gasteiger partial charge in [0, 0.05) is 0 Å². The van der Waals surface area contributed by atoms with E-state index in [-0.39, 0.29) is 10.6 Å². The van der Waals surface area contributed by atoms with Gasteiger partial charge in [-0.25, -0.2) is 4.39 Å². The third-order valence-electron chi connectivity index (χ3n) is 1.17. The lowest BCUT2D eigenvalue weighted by Crippen LogP contribution is -2.02. The van der Waals surface area contributed by atoms with Gasteiger partial charge >= 0.3 is 6.61 Å². The van der Waals surface area contributed by atoms with Crippen LogP contribution in [0.25, 0.3) is 0 Å². The van der Waals surface area contributed by atoms with Gasteiger partial charge in [-0.3, -0.25) is 0 Å². The van der Waals surface area contributed by atoms with Gasteiger partial charge in [0.1, 0.15) is 11.6 Å². The lowest BCUT2D eigenvalue weighted by atomic mass is 10.3. The second-order valence-electron chi connectivity index (χ2n) is 1.97. The smallest absolute Gasteiger partial charge is 0.387 e. The fourth-order valence-corrected chi connectivity index (χ4v) is 0.888. The van der Waals surface area contributed by atoms with Gasteiger partial charge in [0.15, 0.2) is 0 Å². The van der Waals surface area contributed by atoms with Crippen molar-refractivity contribution in [2.45, 2.75) is 11.5 Å². The molecule has 5 heteroatoms. The maximum atomic E-state index is 12.6. The Hall–Kier alpha value is -0.840. The Kier molecular flexibility index (Phi) is 2.86. The van der Waals surface area contributed by atoms with Crippen molar-refractivity contribution < 1.29 is 17.9 Å². The van der Waals surface area contributed by atoms with Crippen LogP contribution in [-0.2, 0) is 0 Å². The summed E-state index contributed by atoms with van der Waals surface area (Å²) < 4.78 is 39.9. The highest BCUT2D eigenvalue weighted by Crippen LogP contribution is 2.26. The van der Waals surface area contributed by atoms with Crippen LogP contribution in [-0.4, -0.2) is 6.61 Å². The summed E-state index contributed by atoms with van der Waals surface area (Å²) in [4.78, 5) is -0.210. The molecule has 1 rings (SSSR count). The number of benzene rings is 1. The molecular formula is C7H5F3OS. The van der Waals surface area contributed by atoms with Crippen LogP contribution in [0, 0.1) is 5.82 Å². The van der Waals surface area contributed by atoms with Crippen LogP contribution in [0.1, 0.15) is 0 Å². The monoisotopic (exact) mass is 194 g/mol. The van der Waals surface area contributed by atoms with Crippen molar-refractivity contribution in [2.75, 3.05) is 0 Å². The molecule has 0 unspecified atom stereocenters. The van der Waals surface area contributed by atoms with Gasteiger partial charge in [-0.2, -0.15) is 8.78 Å². The van der Waals surface area contributed by atoms with Crippen LogP contribution in [0.15, 0.2) is 23.1 Å². The Bertz CT molecular complexity index is 277. The van der Waals surface area contributed by atoms with Crippen LogP contribution in [0.4, 0.5) is 13.2 Å². The fraction of sp³-hybridized carbons (Fsp3) is 0.143. The molecule has 0 aliphatic carbocycles. The molecule has 0 heterocycles. The van der Waals surface area contributed by atoms with Crippen molar-refractivity contribution in [1.29, 1.82) is 0 Å². The average molecular weight is 194 g/mol. The fourth-order valence-electron chi connectivity index (χ4n) is 0.687. The van der Waals surface area contributed by atoms with E-state index in [0.29, 0.717) is 0 Å². The molecule has 0 aliphatic rings. The minimum atomic E-state index is -2.96. The molecule has 0 bridgehead atoms. The summed E-state index contributed by atoms with van der Waals surface area (Å²) in [6.07, 6.45) is 0. The van der Waals surface area contributed by atoms with Gasteiger partial charge in [-0.05, 0) is 12.1 Å². The normalized spacial score (nSPS) is 10.4. The highest BCUT2D eigenvalue weighted by atomic mass is 32.1. The number of halogens is 3. The van der Waals surface area contributed by atoms with Gasteiger partial charge in [0.25, 0.3) is 0 Å². The maximum absolute atomic E-state index is 12.6. The van der Waals surface area contributed by atoms with Gasteiger partial charge < -0.3 is 4.74 Å². The van der Waals surface area contributed by atoms with Gasteiger partial charge in [0.2, 0.25) is 0 Å². The zero-order valence-electron chi connectivity index (χ0n) is 5.80. The number of hydrogen-bond donors (Lipinski definition) is 1. The Labute approximate surface area is 72.6 Å². The highest BCUT2D eigenvalue weighted by molar-refractivity contribution is 7.80. The summed E-state index contributed by atoms with van der Waals surface area (Å²) in [5.74, 6) is -0.940. The van der Waals surface area contributed by atoms with Gasteiger partial charge in [-0.15, -0.1) is 12.6 Å². The molecule has 1 aromatic carbocycles. The number of rotatable bonds is 2. The molecule has 1 nitrogen and oxygen atoms in total. The van der Waals surface area contributed by atoms with E-state index in [0.717, 1.165) is 6.07 Å². The van der Waals surface area contributed by atoms with Crippen molar-refractivity contribution in [3.05, 3.63) is 24.0 Å². The molecule has 0 saturated heterocycles. The summed E-state index contributed by atoms with van der Waals surface area (Å²) >= 11 is 3.65. The minimum Gasteiger partial charge on any atom is -0.434 e. The Balaban J connectivity index is 2.92. The van der Waals surface area contributed by atoms with Gasteiger partial charge in [0.05, 0.1) is 4.90 Å². The number of ether oxygens (including phenoxy) is 1. The SMILES string of the molecule is Fc1cccc(OC(F)F)c1S. The molecular weight excluding hydrogens is 189 g/mol. The third kappa shape index (κ3) is 2.07. The Morgan fingerprint density at radius 1 is 1.33 bits per heavy atom. The van der Waals surface area contributed by atoms with Gasteiger partial charge in [-0.1, -0.05) is 6.07 Å². The molecule has 12 heavy (non-hydrogen) atoms. The van der Waals surface area contributed by atoms with E-state index >= 15 is 0 Å². The molecule has 0 radical (unpaired) electrons. The third-order valence-corrected chi connectivity index (χ3v) is 1.60. The molecule has 0 aliphatic heterocycles. The molecule has 0 fully saturated rings. The van der Waals surface area contributed by atoms with E-state index in [1.165, 1.54) is 12.1 Å². The predicted octanol–water partition coefficient (Wildman–Crippen LogP) is 2.72. The van der Waals surface area contributed by atoms with E-state index in [1.807, 2.05) is 0 Å². The quantitative estimate of drug-likeness (QED) is 0.712. The van der Waals surface area contributed by atoms with Crippen LogP contribution in [0.5, 0.6) is 5.75 Å². The lowest BCUT2D eigenvalue weighted by Gasteiger charge is -2.06. The van der Waals surface area contributed by atoms with E-state index in [4.69, 9.17) is 0 Å². The first-order valence-electron chi connectivity index (χ1n) is 3.03. The number of thiol groups is 1. The van der Waals surface area contributed by atoms with Crippen LogP contribution in [0.3, 0.4) is 0 Å². The first kappa shape index (κ1) is 9.25. The summed E-state index contributed by atoms with van der Waals surface area (Å²) in [6.45, 7) is -2.96. The number of hydrogen-bond acceptors (Lipinski definition) is 2. The van der Waals surface area contributed by atoms with Crippen LogP contribution >= 0.6 is 12.6 Å². The number of alkyl halides is 2. The topological polar surface area (TPSA) is 9.23 Å². The van der Waals surface area contributed by atoms with Crippen molar-refractivity contribution in [3.8, 4) is 5.75 Å². The summed E-state index contributed by atoms with van der Waals surface area (Å²) in [5, 5.41) is 0. The van der Waals surface area contributed by atoms with E-state index in [1.54, 1.807) is 0 Å². The minimum absolute atomic E-state index is 0.210. The van der Waals surface area contributed by atoms with E-state index < -0.39 is 12.4 Å². The zero-order chi connectivity index (χ0) is 9.14. The highest BCUT2D eigenvalue weighted by Gasteiger charge is 2.09. The predicted molar refractivity (Wildman–Crippen MR) is 40.3 cm³/mol. The largest absolute Gasteiger partial charge is 0.434 e. The van der Waals surface area contributed by atoms with E-state index in [2.05, 4.69) is 17.4 Å². The molecule has 1 aromatic rings. The maximum Gasteiger partial charge on any atom is 0.387 e. The van der Waals surface area contributed by atoms with Crippen LogP contribution in [0.2, 0.25) is 0 Å². The standard InChI is InChI=1S/C7H5F3OS/c8-4-2-1-3-5(6(4)12)11-7(9)10/h1-3,7,12H. The Morgan fingerprint density at radius 2 is 2.00 bits per heavy atom. The second-order valence-corrected chi connectivity index (χ2v) is 2.41. The second kappa shape index (κ2) is 3.71. The molecule has 0 spiro atoms.